The molecular formula is C16H17F3N2O3. The standard InChI is InChI=1S/C16H17F3N2O3/c1-21(10-13(22)16(17,18)19)15(23)20-14(12-8-5-9-24-12)11-6-3-2-4-7-11/h2-9,13-14,22H,10H2,1H3,(H,20,23)/t13-,14+/m1/s1. The second-order valence-electron chi connectivity index (χ2n) is 5.25. The zero-order valence-corrected chi connectivity index (χ0v) is 12.8. The summed E-state index contributed by atoms with van der Waals surface area (Å²) in [4.78, 5) is 13.0. The molecule has 0 unspecified atom stereocenters. The number of nitrogens with one attached hydrogen (secondary N) is 1. The fraction of sp³-hybridized carbons (Fsp3) is 0.312. The summed E-state index contributed by atoms with van der Waals surface area (Å²) < 4.78 is 42.5. The Hall–Kier alpha value is -2.48. The van der Waals surface area contributed by atoms with E-state index >= 15 is 0 Å². The van der Waals surface area contributed by atoms with Crippen molar-refractivity contribution >= 4 is 6.03 Å². The van der Waals surface area contributed by atoms with Gasteiger partial charge < -0.3 is 19.7 Å². The summed E-state index contributed by atoms with van der Waals surface area (Å²) in [5, 5.41) is 11.7. The molecule has 2 aromatic rings. The lowest BCUT2D eigenvalue weighted by molar-refractivity contribution is -0.205. The van der Waals surface area contributed by atoms with E-state index in [1.54, 1.807) is 42.5 Å². The summed E-state index contributed by atoms with van der Waals surface area (Å²) in [6.45, 7) is -0.866. The van der Waals surface area contributed by atoms with Gasteiger partial charge in [-0.1, -0.05) is 30.3 Å². The number of halogens is 3. The maximum Gasteiger partial charge on any atom is 0.416 e. The predicted molar refractivity (Wildman–Crippen MR) is 80.2 cm³/mol. The molecule has 24 heavy (non-hydrogen) atoms. The highest BCUT2D eigenvalue weighted by Crippen LogP contribution is 2.23. The van der Waals surface area contributed by atoms with Crippen LogP contribution in [-0.4, -0.2) is 41.9 Å². The van der Waals surface area contributed by atoms with Crippen LogP contribution in [0.2, 0.25) is 0 Å². The van der Waals surface area contributed by atoms with Gasteiger partial charge in [0, 0.05) is 7.05 Å². The van der Waals surface area contributed by atoms with Gasteiger partial charge in [-0.3, -0.25) is 0 Å². The molecule has 1 heterocycles. The Labute approximate surface area is 136 Å². The highest BCUT2D eigenvalue weighted by Gasteiger charge is 2.39. The first-order chi connectivity index (χ1) is 11.3. The van der Waals surface area contributed by atoms with Crippen molar-refractivity contribution in [1.82, 2.24) is 10.2 Å². The highest BCUT2D eigenvalue weighted by molar-refractivity contribution is 5.75. The van der Waals surface area contributed by atoms with E-state index in [1.807, 2.05) is 0 Å². The molecule has 0 aliphatic heterocycles. The third-order valence-electron chi connectivity index (χ3n) is 3.40. The molecule has 1 aromatic heterocycles. The molecule has 8 heteroatoms. The van der Waals surface area contributed by atoms with Crippen molar-refractivity contribution in [2.24, 2.45) is 0 Å². The van der Waals surface area contributed by atoms with Gasteiger partial charge in [0.15, 0.2) is 6.10 Å². The van der Waals surface area contributed by atoms with Crippen molar-refractivity contribution < 1.29 is 27.5 Å². The maximum atomic E-state index is 12.4. The summed E-state index contributed by atoms with van der Waals surface area (Å²) in [7, 11) is 1.18. The number of hydrogen-bond acceptors (Lipinski definition) is 3. The predicted octanol–water partition coefficient (Wildman–Crippen LogP) is 2.93. The summed E-state index contributed by atoms with van der Waals surface area (Å²) in [5.74, 6) is 0.444. The molecule has 0 aliphatic rings. The fourth-order valence-electron chi connectivity index (χ4n) is 2.10. The number of carbonyl (C=O) groups is 1. The van der Waals surface area contributed by atoms with Crippen LogP contribution < -0.4 is 5.32 Å². The minimum Gasteiger partial charge on any atom is -0.467 e. The van der Waals surface area contributed by atoms with Crippen LogP contribution in [0, 0.1) is 0 Å². The van der Waals surface area contributed by atoms with E-state index in [9.17, 15) is 18.0 Å². The quantitative estimate of drug-likeness (QED) is 0.878. The first-order valence-corrected chi connectivity index (χ1v) is 7.14. The Morgan fingerprint density at radius 2 is 1.92 bits per heavy atom. The Morgan fingerprint density at radius 1 is 1.25 bits per heavy atom. The summed E-state index contributed by atoms with van der Waals surface area (Å²) in [5.41, 5.74) is 0.713. The van der Waals surface area contributed by atoms with Crippen molar-refractivity contribution in [3.8, 4) is 0 Å². The van der Waals surface area contributed by atoms with Gasteiger partial charge in [0.25, 0.3) is 0 Å². The molecule has 130 valence electrons. The summed E-state index contributed by atoms with van der Waals surface area (Å²) >= 11 is 0. The monoisotopic (exact) mass is 342 g/mol. The second kappa shape index (κ2) is 7.39. The molecule has 0 radical (unpaired) electrons. The molecule has 1 aromatic carbocycles. The molecule has 2 atom stereocenters. The van der Waals surface area contributed by atoms with Gasteiger partial charge in [-0.2, -0.15) is 13.2 Å². The van der Waals surface area contributed by atoms with Crippen molar-refractivity contribution in [1.29, 1.82) is 0 Å². The lowest BCUT2D eigenvalue weighted by Gasteiger charge is -2.25. The number of urea groups is 1. The van der Waals surface area contributed by atoms with Crippen LogP contribution in [0.3, 0.4) is 0 Å². The van der Waals surface area contributed by atoms with Gasteiger partial charge in [0.2, 0.25) is 0 Å². The number of likely N-dealkylation sites (N-methyl/N-ethyl adjacent to an activating group) is 1. The largest absolute Gasteiger partial charge is 0.467 e. The van der Waals surface area contributed by atoms with E-state index in [0.29, 0.717) is 11.3 Å². The molecule has 0 bridgehead atoms. The van der Waals surface area contributed by atoms with Gasteiger partial charge in [-0.15, -0.1) is 0 Å². The van der Waals surface area contributed by atoms with E-state index < -0.39 is 30.9 Å². The van der Waals surface area contributed by atoms with E-state index in [2.05, 4.69) is 5.32 Å². The number of furan rings is 1. The third-order valence-corrected chi connectivity index (χ3v) is 3.40. The lowest BCUT2D eigenvalue weighted by Crippen LogP contribution is -2.46. The first-order valence-electron chi connectivity index (χ1n) is 7.14. The smallest absolute Gasteiger partial charge is 0.416 e. The first kappa shape index (κ1) is 17.9. The Balaban J connectivity index is 2.11. The van der Waals surface area contributed by atoms with E-state index in [4.69, 9.17) is 9.52 Å². The number of amides is 2. The van der Waals surface area contributed by atoms with Crippen molar-refractivity contribution in [2.45, 2.75) is 18.3 Å². The Morgan fingerprint density at radius 3 is 2.46 bits per heavy atom. The average molecular weight is 342 g/mol. The van der Waals surface area contributed by atoms with Gasteiger partial charge in [-0.05, 0) is 17.7 Å². The third kappa shape index (κ3) is 4.51. The highest BCUT2D eigenvalue weighted by atomic mass is 19.4. The molecule has 2 amide bonds. The van der Waals surface area contributed by atoms with Crippen LogP contribution in [0.15, 0.2) is 53.1 Å². The Kier molecular flexibility index (Phi) is 5.50. The molecule has 0 saturated heterocycles. The van der Waals surface area contributed by atoms with Gasteiger partial charge in [0.1, 0.15) is 11.8 Å². The number of alkyl halides is 3. The summed E-state index contributed by atoms with van der Waals surface area (Å²) in [6, 6.07) is 10.8. The van der Waals surface area contributed by atoms with Crippen molar-refractivity contribution in [3.05, 3.63) is 60.1 Å². The lowest BCUT2D eigenvalue weighted by atomic mass is 10.0. The molecule has 2 N–H and O–H groups in total. The van der Waals surface area contributed by atoms with E-state index in [0.717, 1.165) is 4.90 Å². The summed E-state index contributed by atoms with van der Waals surface area (Å²) in [6.07, 6.45) is -5.95. The SMILES string of the molecule is CN(C[C@@H](O)C(F)(F)F)C(=O)N[C@@H](c1ccccc1)c1ccco1. The van der Waals surface area contributed by atoms with Crippen LogP contribution in [0.4, 0.5) is 18.0 Å². The average Bonchev–Trinajstić information content (AvgIpc) is 3.06. The zero-order valence-electron chi connectivity index (χ0n) is 12.8. The van der Waals surface area contributed by atoms with Gasteiger partial charge in [0.05, 0.1) is 12.8 Å². The number of aliphatic hydroxyl groups excluding tert-OH is 1. The molecule has 0 spiro atoms. The number of carbonyl (C=O) groups excluding carboxylic acids is 1. The van der Waals surface area contributed by atoms with E-state index in [-0.39, 0.29) is 0 Å². The van der Waals surface area contributed by atoms with Crippen molar-refractivity contribution in [2.75, 3.05) is 13.6 Å². The number of hydrogen-bond donors (Lipinski definition) is 2. The molecule has 2 rings (SSSR count). The molecule has 0 saturated carbocycles. The van der Waals surface area contributed by atoms with Crippen LogP contribution in [0.5, 0.6) is 0 Å². The number of rotatable bonds is 5. The maximum absolute atomic E-state index is 12.4. The second-order valence-corrected chi connectivity index (χ2v) is 5.25. The zero-order chi connectivity index (χ0) is 17.7. The fourth-order valence-corrected chi connectivity index (χ4v) is 2.10. The van der Waals surface area contributed by atoms with Gasteiger partial charge >= 0.3 is 12.2 Å². The van der Waals surface area contributed by atoms with Gasteiger partial charge in [-0.25, -0.2) is 4.79 Å². The minimum atomic E-state index is -4.78. The van der Waals surface area contributed by atoms with E-state index in [1.165, 1.54) is 13.3 Å². The normalized spacial score (nSPS) is 14.0. The molecule has 0 aliphatic carbocycles. The Bertz CT molecular complexity index is 644. The van der Waals surface area contributed by atoms with Crippen LogP contribution in [0.1, 0.15) is 17.4 Å². The molecule has 0 fully saturated rings. The van der Waals surface area contributed by atoms with Crippen molar-refractivity contribution in [3.63, 3.8) is 0 Å². The van der Waals surface area contributed by atoms with Crippen LogP contribution in [0.25, 0.3) is 0 Å². The van der Waals surface area contributed by atoms with Crippen LogP contribution in [-0.2, 0) is 0 Å². The molecule has 5 nitrogen and oxygen atoms in total. The number of nitrogens with zero attached hydrogens (tertiary/aromatic N) is 1. The topological polar surface area (TPSA) is 65.7 Å². The molecular weight excluding hydrogens is 325 g/mol. The number of aliphatic hydroxyl groups is 1. The van der Waals surface area contributed by atoms with Crippen LogP contribution >= 0.6 is 0 Å². The minimum absolute atomic E-state index is 0.444. The number of benzene rings is 1.